The highest BCUT2D eigenvalue weighted by Crippen LogP contribution is 2.28. The van der Waals surface area contributed by atoms with Crippen molar-refractivity contribution in [1.82, 2.24) is 0 Å². The summed E-state index contributed by atoms with van der Waals surface area (Å²) in [5.74, 6) is -0.189. The van der Waals surface area contributed by atoms with Crippen LogP contribution in [0.25, 0.3) is 0 Å². The fraction of sp³-hybridized carbons (Fsp3) is 0.500. The fourth-order valence-electron chi connectivity index (χ4n) is 2.16. The maximum atomic E-state index is 13.1. The standard InChI is InChI=1S/C12H17FN2O/c1-16-8-11(14)7-15-5-4-9-2-3-10(13)6-12(9)15/h2-3,6,11H,4-5,7-8,14H2,1H3. The van der Waals surface area contributed by atoms with Crippen LogP contribution in [0.4, 0.5) is 10.1 Å². The van der Waals surface area contributed by atoms with Crippen LogP contribution in [0, 0.1) is 5.82 Å². The summed E-state index contributed by atoms with van der Waals surface area (Å²) in [6.45, 7) is 2.15. The highest BCUT2D eigenvalue weighted by atomic mass is 19.1. The van der Waals surface area contributed by atoms with E-state index in [1.54, 1.807) is 13.2 Å². The molecule has 2 rings (SSSR count). The SMILES string of the molecule is COCC(N)CN1CCc2ccc(F)cc21. The summed E-state index contributed by atoms with van der Waals surface area (Å²) >= 11 is 0. The van der Waals surface area contributed by atoms with Crippen LogP contribution in [0.2, 0.25) is 0 Å². The molecule has 0 saturated carbocycles. The molecule has 3 nitrogen and oxygen atoms in total. The summed E-state index contributed by atoms with van der Waals surface area (Å²) in [7, 11) is 1.64. The van der Waals surface area contributed by atoms with E-state index in [9.17, 15) is 4.39 Å². The first-order valence-electron chi connectivity index (χ1n) is 5.48. The molecule has 2 N–H and O–H groups in total. The van der Waals surface area contributed by atoms with Crippen molar-refractivity contribution in [2.45, 2.75) is 12.5 Å². The molecule has 1 atom stereocenters. The van der Waals surface area contributed by atoms with E-state index in [0.717, 1.165) is 18.7 Å². The Kier molecular flexibility index (Phi) is 3.41. The lowest BCUT2D eigenvalue weighted by Gasteiger charge is -2.23. The molecule has 0 fully saturated rings. The van der Waals surface area contributed by atoms with Gasteiger partial charge >= 0.3 is 0 Å². The lowest BCUT2D eigenvalue weighted by atomic mass is 10.1. The van der Waals surface area contributed by atoms with Gasteiger partial charge < -0.3 is 15.4 Å². The van der Waals surface area contributed by atoms with Crippen molar-refractivity contribution in [3.63, 3.8) is 0 Å². The Hall–Kier alpha value is -1.13. The van der Waals surface area contributed by atoms with Crippen LogP contribution in [0.15, 0.2) is 18.2 Å². The van der Waals surface area contributed by atoms with Crippen molar-refractivity contribution in [2.75, 3.05) is 31.7 Å². The Morgan fingerprint density at radius 3 is 3.12 bits per heavy atom. The summed E-state index contributed by atoms with van der Waals surface area (Å²) in [4.78, 5) is 2.13. The number of rotatable bonds is 4. The van der Waals surface area contributed by atoms with Gasteiger partial charge in [-0.25, -0.2) is 4.39 Å². The highest BCUT2D eigenvalue weighted by molar-refractivity contribution is 5.58. The molecular formula is C12H17FN2O. The van der Waals surface area contributed by atoms with Crippen LogP contribution < -0.4 is 10.6 Å². The zero-order valence-electron chi connectivity index (χ0n) is 9.45. The average Bonchev–Trinajstić information content (AvgIpc) is 2.61. The number of hydrogen-bond acceptors (Lipinski definition) is 3. The Morgan fingerprint density at radius 1 is 1.56 bits per heavy atom. The molecule has 0 bridgehead atoms. The first kappa shape index (κ1) is 11.4. The monoisotopic (exact) mass is 224 g/mol. The number of anilines is 1. The largest absolute Gasteiger partial charge is 0.383 e. The minimum Gasteiger partial charge on any atom is -0.383 e. The number of methoxy groups -OCH3 is 1. The molecule has 0 saturated heterocycles. The molecule has 0 radical (unpaired) electrons. The number of hydrogen-bond donors (Lipinski definition) is 1. The minimum atomic E-state index is -0.189. The fourth-order valence-corrected chi connectivity index (χ4v) is 2.16. The van der Waals surface area contributed by atoms with E-state index >= 15 is 0 Å². The van der Waals surface area contributed by atoms with E-state index in [2.05, 4.69) is 4.90 Å². The van der Waals surface area contributed by atoms with E-state index < -0.39 is 0 Å². The number of halogens is 1. The third-order valence-corrected chi connectivity index (χ3v) is 2.87. The molecule has 4 heteroatoms. The Labute approximate surface area is 95.0 Å². The topological polar surface area (TPSA) is 38.5 Å². The Morgan fingerprint density at radius 2 is 2.38 bits per heavy atom. The second-order valence-electron chi connectivity index (χ2n) is 4.18. The van der Waals surface area contributed by atoms with Crippen LogP contribution in [0.1, 0.15) is 5.56 Å². The zero-order valence-corrected chi connectivity index (χ0v) is 9.45. The van der Waals surface area contributed by atoms with Crippen LogP contribution in [-0.4, -0.2) is 32.8 Å². The number of nitrogens with two attached hydrogens (primary N) is 1. The van der Waals surface area contributed by atoms with Gasteiger partial charge in [-0.15, -0.1) is 0 Å². The number of nitrogens with zero attached hydrogens (tertiary/aromatic N) is 1. The van der Waals surface area contributed by atoms with Gasteiger partial charge in [0.25, 0.3) is 0 Å². The lowest BCUT2D eigenvalue weighted by Crippen LogP contribution is -2.39. The molecule has 16 heavy (non-hydrogen) atoms. The van der Waals surface area contributed by atoms with Gasteiger partial charge in [-0.2, -0.15) is 0 Å². The Balaban J connectivity index is 2.08. The molecule has 0 aromatic heterocycles. The lowest BCUT2D eigenvalue weighted by molar-refractivity contribution is 0.181. The summed E-state index contributed by atoms with van der Waals surface area (Å²) < 4.78 is 18.1. The molecule has 0 aliphatic carbocycles. The van der Waals surface area contributed by atoms with E-state index in [0.29, 0.717) is 13.2 Å². The van der Waals surface area contributed by atoms with Crippen LogP contribution in [0.5, 0.6) is 0 Å². The van der Waals surface area contributed by atoms with Crippen molar-refractivity contribution in [2.24, 2.45) is 5.73 Å². The van der Waals surface area contributed by atoms with Crippen molar-refractivity contribution >= 4 is 5.69 Å². The van der Waals surface area contributed by atoms with Crippen molar-refractivity contribution in [3.8, 4) is 0 Å². The van der Waals surface area contributed by atoms with E-state index in [1.165, 1.54) is 11.6 Å². The van der Waals surface area contributed by atoms with Gasteiger partial charge in [-0.05, 0) is 24.1 Å². The normalized spacial score (nSPS) is 16.3. The molecule has 0 amide bonds. The van der Waals surface area contributed by atoms with Crippen molar-refractivity contribution in [1.29, 1.82) is 0 Å². The molecule has 88 valence electrons. The summed E-state index contributed by atoms with van der Waals surface area (Å²) in [6, 6.07) is 4.92. The zero-order chi connectivity index (χ0) is 11.5. The van der Waals surface area contributed by atoms with Gasteiger partial charge in [0.1, 0.15) is 5.82 Å². The van der Waals surface area contributed by atoms with Gasteiger partial charge in [0.2, 0.25) is 0 Å². The summed E-state index contributed by atoms with van der Waals surface area (Å²) in [5, 5.41) is 0. The number of benzene rings is 1. The second kappa shape index (κ2) is 4.80. The first-order chi connectivity index (χ1) is 7.70. The molecule has 1 aliphatic heterocycles. The molecule has 1 aromatic carbocycles. The van der Waals surface area contributed by atoms with Crippen LogP contribution in [0.3, 0.4) is 0 Å². The number of ether oxygens (including phenoxy) is 1. The molecule has 1 aromatic rings. The van der Waals surface area contributed by atoms with Gasteiger partial charge in [0.15, 0.2) is 0 Å². The smallest absolute Gasteiger partial charge is 0.125 e. The van der Waals surface area contributed by atoms with E-state index in [-0.39, 0.29) is 11.9 Å². The average molecular weight is 224 g/mol. The Bertz CT molecular complexity index is 370. The predicted molar refractivity (Wildman–Crippen MR) is 62.2 cm³/mol. The van der Waals surface area contributed by atoms with Gasteiger partial charge in [0.05, 0.1) is 6.61 Å². The van der Waals surface area contributed by atoms with E-state index in [4.69, 9.17) is 10.5 Å². The van der Waals surface area contributed by atoms with Crippen LogP contribution in [-0.2, 0) is 11.2 Å². The van der Waals surface area contributed by atoms with Gasteiger partial charge in [-0.1, -0.05) is 6.07 Å². The second-order valence-corrected chi connectivity index (χ2v) is 4.18. The quantitative estimate of drug-likeness (QED) is 0.834. The van der Waals surface area contributed by atoms with Crippen molar-refractivity contribution in [3.05, 3.63) is 29.6 Å². The maximum absolute atomic E-state index is 13.1. The minimum absolute atomic E-state index is 0.0285. The predicted octanol–water partition coefficient (Wildman–Crippen LogP) is 1.16. The third kappa shape index (κ3) is 2.33. The number of fused-ring (bicyclic) bond motifs is 1. The summed E-state index contributed by atoms with van der Waals surface area (Å²) in [5.41, 5.74) is 8.08. The van der Waals surface area contributed by atoms with Gasteiger partial charge in [0, 0.05) is 31.9 Å². The van der Waals surface area contributed by atoms with E-state index in [1.807, 2.05) is 6.07 Å². The molecule has 1 unspecified atom stereocenters. The first-order valence-corrected chi connectivity index (χ1v) is 5.48. The third-order valence-electron chi connectivity index (χ3n) is 2.87. The maximum Gasteiger partial charge on any atom is 0.125 e. The molecule has 0 spiro atoms. The van der Waals surface area contributed by atoms with Gasteiger partial charge in [-0.3, -0.25) is 0 Å². The van der Waals surface area contributed by atoms with Crippen LogP contribution >= 0.6 is 0 Å². The van der Waals surface area contributed by atoms with Crippen molar-refractivity contribution < 1.29 is 9.13 Å². The summed E-state index contributed by atoms with van der Waals surface area (Å²) in [6.07, 6.45) is 0.968. The highest BCUT2D eigenvalue weighted by Gasteiger charge is 2.21. The molecule has 1 aliphatic rings. The molecule has 1 heterocycles. The molecular weight excluding hydrogens is 207 g/mol.